The summed E-state index contributed by atoms with van der Waals surface area (Å²) in [6.07, 6.45) is 0.608. The Hall–Kier alpha value is -1.35. The molecule has 3 nitrogen and oxygen atoms in total. The fourth-order valence-electron chi connectivity index (χ4n) is 1.45. The minimum absolute atomic E-state index is 0.0834. The largest absolute Gasteiger partial charge is 0.465 e. The van der Waals surface area contributed by atoms with Gasteiger partial charge in [-0.1, -0.05) is 30.3 Å². The van der Waals surface area contributed by atoms with Crippen LogP contribution in [0.25, 0.3) is 0 Å². The molecule has 3 heteroatoms. The van der Waals surface area contributed by atoms with Crippen LogP contribution in [0.4, 0.5) is 0 Å². The van der Waals surface area contributed by atoms with Crippen LogP contribution < -0.4 is 0 Å². The summed E-state index contributed by atoms with van der Waals surface area (Å²) >= 11 is 0. The lowest BCUT2D eigenvalue weighted by molar-refractivity contribution is -0.141. The molecule has 0 aromatic heterocycles. The van der Waals surface area contributed by atoms with E-state index in [-0.39, 0.29) is 18.5 Å². The Balaban J connectivity index is 2.61. The summed E-state index contributed by atoms with van der Waals surface area (Å²) in [6, 6.07) is 9.76. The molecule has 1 atom stereocenters. The van der Waals surface area contributed by atoms with Crippen LogP contribution in [0, 0.1) is 0 Å². The van der Waals surface area contributed by atoms with Gasteiger partial charge in [0.25, 0.3) is 0 Å². The highest BCUT2D eigenvalue weighted by molar-refractivity contribution is 5.65. The first-order valence-electron chi connectivity index (χ1n) is 5.03. The number of carbonyl (C=O) groups excluding carboxylic acids is 1. The molecule has 0 amide bonds. The Morgan fingerprint density at radius 2 is 2.07 bits per heavy atom. The van der Waals surface area contributed by atoms with Gasteiger partial charge < -0.3 is 9.84 Å². The van der Waals surface area contributed by atoms with Crippen molar-refractivity contribution >= 4 is 5.97 Å². The monoisotopic (exact) mass is 208 g/mol. The molecule has 0 heterocycles. The van der Waals surface area contributed by atoms with Gasteiger partial charge in [0, 0.05) is 19.4 Å². The molecule has 0 radical (unpaired) electrons. The first kappa shape index (κ1) is 11.7. The molecule has 0 saturated carbocycles. The van der Waals surface area contributed by atoms with Gasteiger partial charge in [-0.05, 0) is 12.0 Å². The molecular formula is C12H16O3. The van der Waals surface area contributed by atoms with Crippen LogP contribution in [-0.4, -0.2) is 24.3 Å². The number of esters is 1. The smallest absolute Gasteiger partial charge is 0.302 e. The van der Waals surface area contributed by atoms with Crippen molar-refractivity contribution in [2.45, 2.75) is 19.3 Å². The van der Waals surface area contributed by atoms with Crippen molar-refractivity contribution < 1.29 is 14.6 Å². The summed E-state index contributed by atoms with van der Waals surface area (Å²) in [5, 5.41) is 8.92. The zero-order chi connectivity index (χ0) is 11.1. The zero-order valence-electron chi connectivity index (χ0n) is 8.85. The quantitative estimate of drug-likeness (QED) is 0.749. The van der Waals surface area contributed by atoms with Gasteiger partial charge in [-0.15, -0.1) is 0 Å². The second-order valence-corrected chi connectivity index (χ2v) is 3.42. The highest BCUT2D eigenvalue weighted by Gasteiger charge is 2.11. The molecule has 0 unspecified atom stereocenters. The molecule has 1 N–H and O–H groups in total. The fraction of sp³-hybridized carbons (Fsp3) is 0.417. The van der Waals surface area contributed by atoms with E-state index in [0.717, 1.165) is 5.56 Å². The highest BCUT2D eigenvalue weighted by Crippen LogP contribution is 2.19. The number of carbonyl (C=O) groups is 1. The maximum absolute atomic E-state index is 10.7. The summed E-state index contributed by atoms with van der Waals surface area (Å²) in [5.41, 5.74) is 1.09. The standard InChI is InChI=1S/C12H16O3/c1-10(14)15-9-12(7-8-13)11-5-3-2-4-6-11/h2-6,12-13H,7-9H2,1H3/t12-/m1/s1. The summed E-state index contributed by atoms with van der Waals surface area (Å²) in [7, 11) is 0. The second kappa shape index (κ2) is 6.19. The van der Waals surface area contributed by atoms with Gasteiger partial charge in [-0.3, -0.25) is 4.79 Å². The van der Waals surface area contributed by atoms with Gasteiger partial charge >= 0.3 is 5.97 Å². The normalized spacial score (nSPS) is 12.1. The molecule has 1 aromatic carbocycles. The van der Waals surface area contributed by atoms with Gasteiger partial charge in [-0.2, -0.15) is 0 Å². The maximum atomic E-state index is 10.7. The third kappa shape index (κ3) is 4.13. The molecule has 0 bridgehead atoms. The average Bonchev–Trinajstić information content (AvgIpc) is 2.25. The van der Waals surface area contributed by atoms with Crippen LogP contribution in [0.1, 0.15) is 24.8 Å². The summed E-state index contributed by atoms with van der Waals surface area (Å²) in [4.78, 5) is 10.7. The van der Waals surface area contributed by atoms with Crippen molar-refractivity contribution in [1.29, 1.82) is 0 Å². The third-order valence-electron chi connectivity index (χ3n) is 2.24. The molecule has 1 aromatic rings. The first-order chi connectivity index (χ1) is 7.24. The number of hydrogen-bond donors (Lipinski definition) is 1. The van der Waals surface area contributed by atoms with Crippen molar-refractivity contribution in [3.63, 3.8) is 0 Å². The number of ether oxygens (including phenoxy) is 1. The highest BCUT2D eigenvalue weighted by atomic mass is 16.5. The van der Waals surface area contributed by atoms with Gasteiger partial charge in [0.1, 0.15) is 0 Å². The van der Waals surface area contributed by atoms with E-state index in [0.29, 0.717) is 13.0 Å². The fourth-order valence-corrected chi connectivity index (χ4v) is 1.45. The summed E-state index contributed by atoms with van der Waals surface area (Å²) in [5.74, 6) is -0.200. The number of aliphatic hydroxyl groups excluding tert-OH is 1. The lowest BCUT2D eigenvalue weighted by atomic mass is 9.97. The summed E-state index contributed by atoms with van der Waals surface area (Å²) < 4.78 is 4.96. The lowest BCUT2D eigenvalue weighted by Gasteiger charge is -2.15. The molecule has 0 aliphatic carbocycles. The van der Waals surface area contributed by atoms with E-state index >= 15 is 0 Å². The molecular weight excluding hydrogens is 192 g/mol. The van der Waals surface area contributed by atoms with Crippen LogP contribution in [0.15, 0.2) is 30.3 Å². The minimum Gasteiger partial charge on any atom is -0.465 e. The Kier molecular flexibility index (Phi) is 4.84. The molecule has 15 heavy (non-hydrogen) atoms. The van der Waals surface area contributed by atoms with Crippen LogP contribution >= 0.6 is 0 Å². The Morgan fingerprint density at radius 1 is 1.40 bits per heavy atom. The number of aliphatic hydroxyl groups is 1. The summed E-state index contributed by atoms with van der Waals surface area (Å²) in [6.45, 7) is 1.82. The third-order valence-corrected chi connectivity index (χ3v) is 2.24. The van der Waals surface area contributed by atoms with Crippen molar-refractivity contribution in [1.82, 2.24) is 0 Å². The van der Waals surface area contributed by atoms with Crippen molar-refractivity contribution in [2.75, 3.05) is 13.2 Å². The first-order valence-corrected chi connectivity index (χ1v) is 5.03. The van der Waals surface area contributed by atoms with E-state index < -0.39 is 0 Å². The van der Waals surface area contributed by atoms with E-state index in [1.165, 1.54) is 6.92 Å². The SMILES string of the molecule is CC(=O)OC[C@@H](CCO)c1ccccc1. The minimum atomic E-state index is -0.283. The van der Waals surface area contributed by atoms with E-state index in [1.807, 2.05) is 30.3 Å². The molecule has 82 valence electrons. The maximum Gasteiger partial charge on any atom is 0.302 e. The van der Waals surface area contributed by atoms with E-state index in [2.05, 4.69) is 0 Å². The van der Waals surface area contributed by atoms with Gasteiger partial charge in [-0.25, -0.2) is 0 Å². The zero-order valence-corrected chi connectivity index (χ0v) is 8.85. The average molecular weight is 208 g/mol. The van der Waals surface area contributed by atoms with E-state index in [1.54, 1.807) is 0 Å². The van der Waals surface area contributed by atoms with Crippen molar-refractivity contribution in [2.24, 2.45) is 0 Å². The molecule has 0 aliphatic rings. The Labute approximate surface area is 89.7 Å². The molecule has 0 spiro atoms. The predicted octanol–water partition coefficient (Wildman–Crippen LogP) is 1.72. The van der Waals surface area contributed by atoms with Crippen LogP contribution in [0.5, 0.6) is 0 Å². The topological polar surface area (TPSA) is 46.5 Å². The Bertz CT molecular complexity index is 295. The lowest BCUT2D eigenvalue weighted by Crippen LogP contribution is -2.12. The number of rotatable bonds is 5. The van der Waals surface area contributed by atoms with Gasteiger partial charge in [0.05, 0.1) is 6.61 Å². The predicted molar refractivity (Wildman–Crippen MR) is 57.5 cm³/mol. The molecule has 0 fully saturated rings. The van der Waals surface area contributed by atoms with Crippen LogP contribution in [0.3, 0.4) is 0 Å². The van der Waals surface area contributed by atoms with Crippen molar-refractivity contribution in [3.05, 3.63) is 35.9 Å². The van der Waals surface area contributed by atoms with Crippen LogP contribution in [-0.2, 0) is 9.53 Å². The number of hydrogen-bond acceptors (Lipinski definition) is 3. The second-order valence-electron chi connectivity index (χ2n) is 3.42. The van der Waals surface area contributed by atoms with Crippen LogP contribution in [0.2, 0.25) is 0 Å². The molecule has 0 saturated heterocycles. The molecule has 0 aliphatic heterocycles. The van der Waals surface area contributed by atoms with Gasteiger partial charge in [0.15, 0.2) is 0 Å². The van der Waals surface area contributed by atoms with Gasteiger partial charge in [0.2, 0.25) is 0 Å². The van der Waals surface area contributed by atoms with Crippen molar-refractivity contribution in [3.8, 4) is 0 Å². The molecule has 1 rings (SSSR count). The van der Waals surface area contributed by atoms with E-state index in [4.69, 9.17) is 9.84 Å². The number of benzene rings is 1. The Morgan fingerprint density at radius 3 is 2.60 bits per heavy atom. The van der Waals surface area contributed by atoms with E-state index in [9.17, 15) is 4.79 Å².